The van der Waals surface area contributed by atoms with Crippen LogP contribution >= 0.6 is 0 Å². The van der Waals surface area contributed by atoms with Gasteiger partial charge in [-0.2, -0.15) is 0 Å². The Morgan fingerprint density at radius 1 is 1.17 bits per heavy atom. The van der Waals surface area contributed by atoms with Gasteiger partial charge in [0.25, 0.3) is 0 Å². The molecule has 29 heavy (non-hydrogen) atoms. The van der Waals surface area contributed by atoms with E-state index < -0.39 is 0 Å². The molecule has 8 nitrogen and oxygen atoms in total. The fraction of sp³-hybridized carbons (Fsp3) is 0.381. The molecule has 0 fully saturated rings. The number of furan rings is 1. The topological polar surface area (TPSA) is 101 Å². The molecule has 0 bridgehead atoms. The van der Waals surface area contributed by atoms with Gasteiger partial charge in [0, 0.05) is 24.4 Å². The van der Waals surface area contributed by atoms with Gasteiger partial charge in [0.05, 0.1) is 18.2 Å². The van der Waals surface area contributed by atoms with Crippen LogP contribution in [0.25, 0.3) is 28.1 Å². The van der Waals surface area contributed by atoms with E-state index in [1.54, 1.807) is 23.0 Å². The summed E-state index contributed by atoms with van der Waals surface area (Å²) in [6.07, 6.45) is 3.40. The fourth-order valence-electron chi connectivity index (χ4n) is 2.78. The number of fused-ring (bicyclic) bond motifs is 2. The van der Waals surface area contributed by atoms with Gasteiger partial charge in [0.2, 0.25) is 11.8 Å². The number of hydrogen-bond acceptors (Lipinski definition) is 7. The van der Waals surface area contributed by atoms with E-state index in [0.717, 1.165) is 5.39 Å². The van der Waals surface area contributed by atoms with Gasteiger partial charge >= 0.3 is 0 Å². The third-order valence-electron chi connectivity index (χ3n) is 4.14. The molecule has 0 saturated heterocycles. The Balaban J connectivity index is 1.71. The Morgan fingerprint density at radius 3 is 2.76 bits per heavy atom. The Bertz CT molecular complexity index is 1140. The van der Waals surface area contributed by atoms with Crippen LogP contribution in [0.4, 0.5) is 0 Å². The summed E-state index contributed by atoms with van der Waals surface area (Å²) in [7, 11) is 0. The van der Waals surface area contributed by atoms with E-state index in [2.05, 4.69) is 35.8 Å². The van der Waals surface area contributed by atoms with Gasteiger partial charge in [-0.15, -0.1) is 5.10 Å². The van der Waals surface area contributed by atoms with Crippen molar-refractivity contribution in [3.05, 3.63) is 36.7 Å². The van der Waals surface area contributed by atoms with Crippen LogP contribution in [0.5, 0.6) is 11.8 Å². The van der Waals surface area contributed by atoms with E-state index in [1.165, 1.54) is 0 Å². The van der Waals surface area contributed by atoms with Crippen LogP contribution < -0.4 is 15.2 Å². The molecule has 0 saturated carbocycles. The number of nitrogens with zero attached hydrogens (tertiary/aromatic N) is 4. The van der Waals surface area contributed by atoms with Crippen LogP contribution in [0.15, 0.2) is 41.1 Å². The molecule has 4 aromatic heterocycles. The highest BCUT2D eigenvalue weighted by molar-refractivity contribution is 5.86. The van der Waals surface area contributed by atoms with Gasteiger partial charge in [0.15, 0.2) is 11.4 Å². The number of rotatable bonds is 6. The summed E-state index contributed by atoms with van der Waals surface area (Å²) in [5.41, 5.74) is 7.88. The molecule has 0 radical (unpaired) electrons. The summed E-state index contributed by atoms with van der Waals surface area (Å²) >= 11 is 0. The van der Waals surface area contributed by atoms with Crippen LogP contribution in [-0.4, -0.2) is 38.8 Å². The van der Waals surface area contributed by atoms with Gasteiger partial charge in [-0.3, -0.25) is 0 Å². The maximum atomic E-state index is 6.05. The highest BCUT2D eigenvalue weighted by Gasteiger charge is 2.18. The molecule has 0 amide bonds. The van der Waals surface area contributed by atoms with Gasteiger partial charge in [-0.05, 0) is 24.5 Å². The molecule has 4 heterocycles. The van der Waals surface area contributed by atoms with E-state index in [0.29, 0.717) is 47.7 Å². The van der Waals surface area contributed by atoms with Crippen molar-refractivity contribution in [2.45, 2.75) is 33.7 Å². The molecule has 0 aliphatic carbocycles. The molecule has 0 aromatic carbocycles. The predicted octanol–water partition coefficient (Wildman–Crippen LogP) is 3.69. The van der Waals surface area contributed by atoms with Crippen molar-refractivity contribution in [1.29, 1.82) is 0 Å². The summed E-state index contributed by atoms with van der Waals surface area (Å²) in [5, 5.41) is 5.33. The average Bonchev–Trinajstić information content (AvgIpc) is 3.27. The Labute approximate surface area is 168 Å². The maximum absolute atomic E-state index is 6.05. The zero-order valence-electron chi connectivity index (χ0n) is 17.0. The third kappa shape index (κ3) is 4.17. The Morgan fingerprint density at radius 2 is 2.00 bits per heavy atom. The maximum Gasteiger partial charge on any atom is 0.231 e. The first-order chi connectivity index (χ1) is 13.8. The summed E-state index contributed by atoms with van der Waals surface area (Å²) in [5.74, 6) is 1.65. The molecule has 152 valence electrons. The van der Waals surface area contributed by atoms with Crippen LogP contribution in [0.3, 0.4) is 0 Å². The van der Waals surface area contributed by atoms with Gasteiger partial charge in [-0.1, -0.05) is 20.8 Å². The van der Waals surface area contributed by atoms with Gasteiger partial charge in [-0.25, -0.2) is 14.5 Å². The molecule has 2 N–H and O–H groups in total. The van der Waals surface area contributed by atoms with Crippen molar-refractivity contribution >= 4 is 16.6 Å². The minimum Gasteiger partial charge on any atom is -0.477 e. The van der Waals surface area contributed by atoms with E-state index in [4.69, 9.17) is 19.6 Å². The lowest BCUT2D eigenvalue weighted by atomic mass is 9.99. The van der Waals surface area contributed by atoms with Crippen molar-refractivity contribution in [2.75, 3.05) is 13.2 Å². The molecular formula is C21H25N5O3. The lowest BCUT2D eigenvalue weighted by molar-refractivity contribution is 0.193. The number of imidazole rings is 1. The minimum absolute atomic E-state index is 0.0272. The van der Waals surface area contributed by atoms with E-state index in [1.807, 2.05) is 25.1 Å². The van der Waals surface area contributed by atoms with Crippen molar-refractivity contribution < 1.29 is 13.9 Å². The largest absolute Gasteiger partial charge is 0.477 e. The molecule has 0 aliphatic rings. The summed E-state index contributed by atoms with van der Waals surface area (Å²) in [6, 6.07) is 7.26. The highest BCUT2D eigenvalue weighted by Crippen LogP contribution is 2.33. The monoisotopic (exact) mass is 395 g/mol. The molecular weight excluding hydrogens is 370 g/mol. The SMILES string of the molecule is C[C@H](N)COc1ccc2ncc(-c3cc4c(OCC(C)(C)C)nccc4o3)n2n1. The smallest absolute Gasteiger partial charge is 0.231 e. The van der Waals surface area contributed by atoms with Crippen LogP contribution in [0.1, 0.15) is 27.7 Å². The zero-order valence-corrected chi connectivity index (χ0v) is 17.0. The van der Waals surface area contributed by atoms with Crippen molar-refractivity contribution in [3.63, 3.8) is 0 Å². The number of aromatic nitrogens is 4. The molecule has 0 spiro atoms. The first-order valence-corrected chi connectivity index (χ1v) is 9.55. The standard InChI is InChI=1S/C21H25N5O3/c1-13(22)11-27-19-6-5-18-24-10-15(26(18)25-19)17-9-14-16(29-17)7-8-23-20(14)28-12-21(2,3)4/h5-10,13H,11-12,22H2,1-4H3/t13-/m0/s1. The quantitative estimate of drug-likeness (QED) is 0.531. The van der Waals surface area contributed by atoms with Crippen LogP contribution in [0.2, 0.25) is 0 Å². The highest BCUT2D eigenvalue weighted by atomic mass is 16.5. The summed E-state index contributed by atoms with van der Waals surface area (Å²) < 4.78 is 19.3. The minimum atomic E-state index is -0.0795. The van der Waals surface area contributed by atoms with Crippen molar-refractivity contribution in [1.82, 2.24) is 19.6 Å². The molecule has 0 unspecified atom stereocenters. The second-order valence-corrected chi connectivity index (χ2v) is 8.36. The van der Waals surface area contributed by atoms with Gasteiger partial charge < -0.3 is 19.6 Å². The van der Waals surface area contributed by atoms with Crippen LogP contribution in [-0.2, 0) is 0 Å². The third-order valence-corrected chi connectivity index (χ3v) is 4.14. The Kier molecular flexibility index (Phi) is 4.87. The molecule has 0 aliphatic heterocycles. The Hall–Kier alpha value is -3.13. The molecule has 8 heteroatoms. The normalized spacial score (nSPS) is 13.1. The fourth-order valence-corrected chi connectivity index (χ4v) is 2.78. The predicted molar refractivity (Wildman–Crippen MR) is 110 cm³/mol. The molecule has 4 aromatic rings. The van der Waals surface area contributed by atoms with E-state index in [9.17, 15) is 0 Å². The zero-order chi connectivity index (χ0) is 20.6. The first-order valence-electron chi connectivity index (χ1n) is 9.55. The van der Waals surface area contributed by atoms with Crippen molar-refractivity contribution in [2.24, 2.45) is 11.1 Å². The number of hydrogen-bond donors (Lipinski definition) is 1. The lowest BCUT2D eigenvalue weighted by Crippen LogP contribution is -2.24. The average molecular weight is 395 g/mol. The summed E-state index contributed by atoms with van der Waals surface area (Å²) in [4.78, 5) is 8.78. The number of nitrogens with two attached hydrogens (primary N) is 1. The van der Waals surface area contributed by atoms with Crippen LogP contribution in [0, 0.1) is 5.41 Å². The molecule has 1 atom stereocenters. The van der Waals surface area contributed by atoms with Gasteiger partial charge in [0.1, 0.15) is 17.9 Å². The van der Waals surface area contributed by atoms with E-state index >= 15 is 0 Å². The lowest BCUT2D eigenvalue weighted by Gasteiger charge is -2.18. The second kappa shape index (κ2) is 7.36. The number of ether oxygens (including phenoxy) is 2. The number of pyridine rings is 1. The summed E-state index contributed by atoms with van der Waals surface area (Å²) in [6.45, 7) is 9.16. The van der Waals surface area contributed by atoms with Crippen molar-refractivity contribution in [3.8, 4) is 23.2 Å². The second-order valence-electron chi connectivity index (χ2n) is 8.36. The molecule has 4 rings (SSSR count). The van der Waals surface area contributed by atoms with E-state index in [-0.39, 0.29) is 11.5 Å². The first kappa shape index (κ1) is 19.2.